The van der Waals surface area contributed by atoms with Gasteiger partial charge in [-0.2, -0.15) is 4.31 Å². The molecule has 0 aliphatic carbocycles. The zero-order chi connectivity index (χ0) is 16.2. The Labute approximate surface area is 133 Å². The van der Waals surface area contributed by atoms with Crippen LogP contribution in [0.15, 0.2) is 24.3 Å². The van der Waals surface area contributed by atoms with Crippen LogP contribution in [0, 0.1) is 0 Å². The number of nitrogens with zero attached hydrogens (tertiary/aromatic N) is 1. The Kier molecular flexibility index (Phi) is 5.83. The third-order valence-corrected chi connectivity index (χ3v) is 5.48. The van der Waals surface area contributed by atoms with Gasteiger partial charge >= 0.3 is 0 Å². The molecule has 1 aromatic carbocycles. The molecule has 0 bridgehead atoms. The summed E-state index contributed by atoms with van der Waals surface area (Å²) in [7, 11) is -1.43. The molecule has 1 heterocycles. The summed E-state index contributed by atoms with van der Waals surface area (Å²) in [5.41, 5.74) is 1.24. The maximum Gasteiger partial charge on any atom is 0.211 e. The van der Waals surface area contributed by atoms with E-state index in [1.165, 1.54) is 11.8 Å². The molecule has 6 heteroatoms. The van der Waals surface area contributed by atoms with Crippen molar-refractivity contribution in [3.05, 3.63) is 29.8 Å². The molecule has 1 fully saturated rings. The lowest BCUT2D eigenvalue weighted by atomic mass is 10.1. The molecule has 2 rings (SSSR count). The van der Waals surface area contributed by atoms with Gasteiger partial charge in [-0.3, -0.25) is 0 Å². The smallest absolute Gasteiger partial charge is 0.211 e. The molecule has 22 heavy (non-hydrogen) atoms. The van der Waals surface area contributed by atoms with Crippen molar-refractivity contribution in [1.82, 2.24) is 9.62 Å². The van der Waals surface area contributed by atoms with Crippen molar-refractivity contribution in [3.8, 4) is 5.75 Å². The Morgan fingerprint density at radius 2 is 2.05 bits per heavy atom. The predicted molar refractivity (Wildman–Crippen MR) is 88.7 cm³/mol. The third-order valence-electron chi connectivity index (χ3n) is 4.15. The zero-order valence-electron chi connectivity index (χ0n) is 13.6. The highest BCUT2D eigenvalue weighted by atomic mass is 32.2. The highest BCUT2D eigenvalue weighted by Crippen LogP contribution is 2.20. The monoisotopic (exact) mass is 326 g/mol. The largest absolute Gasteiger partial charge is 0.497 e. The highest BCUT2D eigenvalue weighted by molar-refractivity contribution is 7.88. The van der Waals surface area contributed by atoms with E-state index >= 15 is 0 Å². The van der Waals surface area contributed by atoms with E-state index in [-0.39, 0.29) is 6.04 Å². The fraction of sp³-hybridized carbons (Fsp3) is 0.625. The number of ether oxygens (including phenoxy) is 1. The fourth-order valence-electron chi connectivity index (χ4n) is 2.97. The second-order valence-corrected chi connectivity index (χ2v) is 7.97. The Balaban J connectivity index is 1.83. The predicted octanol–water partition coefficient (Wildman–Crippen LogP) is 1.64. The number of hydrogen-bond donors (Lipinski definition) is 1. The molecule has 1 aromatic rings. The lowest BCUT2D eigenvalue weighted by molar-refractivity contribution is 0.361. The summed E-state index contributed by atoms with van der Waals surface area (Å²) in [5, 5.41) is 3.47. The molecule has 1 aliphatic rings. The van der Waals surface area contributed by atoms with E-state index in [1.54, 1.807) is 11.4 Å². The Morgan fingerprint density at radius 1 is 1.36 bits per heavy atom. The molecular formula is C16H26N2O3S. The molecular weight excluding hydrogens is 300 g/mol. The normalized spacial score (nSPS) is 21.0. The summed E-state index contributed by atoms with van der Waals surface area (Å²) in [6.07, 6.45) is 4.10. The molecule has 0 amide bonds. The number of rotatable bonds is 7. The van der Waals surface area contributed by atoms with Gasteiger partial charge in [-0.15, -0.1) is 0 Å². The zero-order valence-corrected chi connectivity index (χ0v) is 14.4. The maximum absolute atomic E-state index is 11.7. The quantitative estimate of drug-likeness (QED) is 0.827. The molecule has 1 saturated heterocycles. The molecule has 5 nitrogen and oxygen atoms in total. The van der Waals surface area contributed by atoms with Crippen LogP contribution >= 0.6 is 0 Å². The van der Waals surface area contributed by atoms with E-state index in [0.29, 0.717) is 19.1 Å². The minimum absolute atomic E-state index is 0.0910. The third kappa shape index (κ3) is 4.69. The first-order valence-electron chi connectivity index (χ1n) is 7.73. The van der Waals surface area contributed by atoms with Gasteiger partial charge in [0.25, 0.3) is 0 Å². The summed E-state index contributed by atoms with van der Waals surface area (Å²) in [5.74, 6) is 0.860. The lowest BCUT2D eigenvalue weighted by Gasteiger charge is -2.24. The summed E-state index contributed by atoms with van der Waals surface area (Å²) in [4.78, 5) is 0. The van der Waals surface area contributed by atoms with E-state index in [0.717, 1.165) is 25.0 Å². The molecule has 0 spiro atoms. The Bertz CT molecular complexity index is 572. The number of nitrogens with one attached hydrogen (secondary N) is 1. The number of benzene rings is 1. The van der Waals surface area contributed by atoms with E-state index < -0.39 is 10.0 Å². The van der Waals surface area contributed by atoms with Crippen LogP contribution in [0.5, 0.6) is 5.75 Å². The molecule has 124 valence electrons. The van der Waals surface area contributed by atoms with Crippen molar-refractivity contribution in [2.45, 2.75) is 38.3 Å². The summed E-state index contributed by atoms with van der Waals surface area (Å²) < 4.78 is 30.2. The van der Waals surface area contributed by atoms with Gasteiger partial charge in [0.2, 0.25) is 10.0 Å². The molecule has 2 atom stereocenters. The minimum Gasteiger partial charge on any atom is -0.497 e. The van der Waals surface area contributed by atoms with Crippen LogP contribution in [-0.4, -0.2) is 51.3 Å². The van der Waals surface area contributed by atoms with Gasteiger partial charge in [0.05, 0.1) is 13.4 Å². The van der Waals surface area contributed by atoms with Gasteiger partial charge in [-0.05, 0) is 43.9 Å². The number of hydrogen-bond acceptors (Lipinski definition) is 4. The minimum atomic E-state index is -3.09. The van der Waals surface area contributed by atoms with Crippen molar-refractivity contribution in [2.75, 3.05) is 26.5 Å². The van der Waals surface area contributed by atoms with Crippen LogP contribution in [-0.2, 0) is 16.4 Å². The van der Waals surface area contributed by atoms with Crippen LogP contribution in [0.2, 0.25) is 0 Å². The SMILES string of the molecule is COc1ccc(C[C@H](C)NC[C@H]2CCCN2S(C)(=O)=O)cc1. The summed E-state index contributed by atoms with van der Waals surface area (Å²) in [6.45, 7) is 3.49. The topological polar surface area (TPSA) is 58.6 Å². The first kappa shape index (κ1) is 17.2. The van der Waals surface area contributed by atoms with Crippen LogP contribution in [0.4, 0.5) is 0 Å². The summed E-state index contributed by atoms with van der Waals surface area (Å²) in [6, 6.07) is 8.45. The second kappa shape index (κ2) is 7.44. The average Bonchev–Trinajstić information content (AvgIpc) is 2.94. The van der Waals surface area contributed by atoms with Crippen LogP contribution in [0.1, 0.15) is 25.3 Å². The maximum atomic E-state index is 11.7. The van der Waals surface area contributed by atoms with Gasteiger partial charge < -0.3 is 10.1 Å². The number of methoxy groups -OCH3 is 1. The fourth-order valence-corrected chi connectivity index (χ4v) is 4.16. The van der Waals surface area contributed by atoms with Gasteiger partial charge in [-0.25, -0.2) is 8.42 Å². The average molecular weight is 326 g/mol. The van der Waals surface area contributed by atoms with E-state index in [4.69, 9.17) is 4.74 Å². The van der Waals surface area contributed by atoms with E-state index in [1.807, 2.05) is 12.1 Å². The first-order chi connectivity index (χ1) is 10.4. The molecule has 0 saturated carbocycles. The Morgan fingerprint density at radius 3 is 2.64 bits per heavy atom. The van der Waals surface area contributed by atoms with E-state index in [2.05, 4.69) is 24.4 Å². The summed E-state index contributed by atoms with van der Waals surface area (Å²) >= 11 is 0. The molecule has 0 unspecified atom stereocenters. The molecule has 1 N–H and O–H groups in total. The second-order valence-electron chi connectivity index (χ2n) is 6.03. The van der Waals surface area contributed by atoms with Crippen LogP contribution in [0.25, 0.3) is 0 Å². The highest BCUT2D eigenvalue weighted by Gasteiger charge is 2.31. The van der Waals surface area contributed by atoms with Crippen LogP contribution in [0.3, 0.4) is 0 Å². The van der Waals surface area contributed by atoms with Crippen molar-refractivity contribution >= 4 is 10.0 Å². The van der Waals surface area contributed by atoms with Gasteiger partial charge in [0, 0.05) is 25.2 Å². The molecule has 0 radical (unpaired) electrons. The van der Waals surface area contributed by atoms with Crippen molar-refractivity contribution in [1.29, 1.82) is 0 Å². The van der Waals surface area contributed by atoms with Crippen molar-refractivity contribution in [3.63, 3.8) is 0 Å². The Hall–Kier alpha value is -1.11. The van der Waals surface area contributed by atoms with Gasteiger partial charge in [0.1, 0.15) is 5.75 Å². The van der Waals surface area contributed by atoms with Crippen molar-refractivity contribution < 1.29 is 13.2 Å². The lowest BCUT2D eigenvalue weighted by Crippen LogP contribution is -2.43. The van der Waals surface area contributed by atoms with Gasteiger partial charge in [0.15, 0.2) is 0 Å². The first-order valence-corrected chi connectivity index (χ1v) is 9.58. The van der Waals surface area contributed by atoms with Crippen LogP contribution < -0.4 is 10.1 Å². The van der Waals surface area contributed by atoms with E-state index in [9.17, 15) is 8.42 Å². The van der Waals surface area contributed by atoms with Crippen molar-refractivity contribution in [2.24, 2.45) is 0 Å². The van der Waals surface area contributed by atoms with Gasteiger partial charge in [-0.1, -0.05) is 12.1 Å². The standard InChI is InChI=1S/C16H26N2O3S/c1-13(11-14-6-8-16(21-2)9-7-14)17-12-15-5-4-10-18(15)22(3,19)20/h6-9,13,15,17H,4-5,10-12H2,1-3H3/t13-,15+/m0/s1. The molecule has 1 aliphatic heterocycles. The molecule has 0 aromatic heterocycles. The number of sulfonamides is 1.